The Morgan fingerprint density at radius 3 is 2.79 bits per heavy atom. The number of hydrogen-bond acceptors (Lipinski definition) is 4. The van der Waals surface area contributed by atoms with Crippen LogP contribution in [0.25, 0.3) is 0 Å². The van der Waals surface area contributed by atoms with Crippen molar-refractivity contribution in [3.05, 3.63) is 0 Å². The van der Waals surface area contributed by atoms with Gasteiger partial charge in [0, 0.05) is 18.3 Å². The molecule has 76 valence electrons. The fourth-order valence-electron chi connectivity index (χ4n) is 2.62. The zero-order valence-electron chi connectivity index (χ0n) is 7.72. The third-order valence-corrected chi connectivity index (χ3v) is 3.27. The molecule has 1 aliphatic carbocycles. The van der Waals surface area contributed by atoms with Crippen LogP contribution < -0.4 is 0 Å². The van der Waals surface area contributed by atoms with Crippen molar-refractivity contribution in [3.63, 3.8) is 0 Å². The molecule has 0 radical (unpaired) electrons. The van der Waals surface area contributed by atoms with Crippen LogP contribution in [0.15, 0.2) is 0 Å². The van der Waals surface area contributed by atoms with Crippen molar-refractivity contribution in [2.45, 2.75) is 25.4 Å². The smallest absolute Gasteiger partial charge is 0.310 e. The number of rotatable bonds is 3. The number of esters is 1. The van der Waals surface area contributed by atoms with Gasteiger partial charge in [-0.1, -0.05) is 0 Å². The monoisotopic (exact) mass is 196 g/mol. The van der Waals surface area contributed by atoms with Crippen LogP contribution in [0.1, 0.15) is 19.3 Å². The number of carbonyl (C=O) groups is 3. The quantitative estimate of drug-likeness (QED) is 0.482. The third-order valence-electron chi connectivity index (χ3n) is 3.27. The number of ether oxygens (including phenoxy) is 1. The van der Waals surface area contributed by atoms with Crippen molar-refractivity contribution < 1.29 is 19.1 Å². The van der Waals surface area contributed by atoms with E-state index in [1.165, 1.54) is 0 Å². The predicted molar refractivity (Wildman–Crippen MR) is 46.3 cm³/mol. The van der Waals surface area contributed by atoms with Crippen molar-refractivity contribution in [1.29, 1.82) is 0 Å². The molecule has 1 heterocycles. The van der Waals surface area contributed by atoms with Crippen molar-refractivity contribution in [1.82, 2.24) is 0 Å². The molecule has 2 fully saturated rings. The van der Waals surface area contributed by atoms with Crippen molar-refractivity contribution in [2.24, 2.45) is 17.8 Å². The van der Waals surface area contributed by atoms with E-state index in [0.717, 1.165) is 25.4 Å². The summed E-state index contributed by atoms with van der Waals surface area (Å²) in [6.45, 7) is 0. The molecule has 1 aliphatic heterocycles. The minimum absolute atomic E-state index is 0.0507. The number of hydrogen-bond donors (Lipinski definition) is 0. The van der Waals surface area contributed by atoms with Gasteiger partial charge in [0.15, 0.2) is 0 Å². The molecule has 0 aromatic heterocycles. The van der Waals surface area contributed by atoms with E-state index in [4.69, 9.17) is 4.74 Å². The summed E-state index contributed by atoms with van der Waals surface area (Å²) in [7, 11) is 0. The van der Waals surface area contributed by atoms with E-state index in [2.05, 4.69) is 0 Å². The Balaban J connectivity index is 2.18. The van der Waals surface area contributed by atoms with Crippen molar-refractivity contribution in [2.75, 3.05) is 0 Å². The Hall–Kier alpha value is -1.19. The predicted octanol–water partition coefficient (Wildman–Crippen LogP) is 0.342. The van der Waals surface area contributed by atoms with Gasteiger partial charge in [0.05, 0.1) is 5.92 Å². The fourth-order valence-corrected chi connectivity index (χ4v) is 2.62. The van der Waals surface area contributed by atoms with Crippen LogP contribution in [0.5, 0.6) is 0 Å². The lowest BCUT2D eigenvalue weighted by atomic mass is 9.84. The summed E-state index contributed by atoms with van der Waals surface area (Å²) in [5.74, 6) is -0.838. The fraction of sp³-hybridized carbons (Fsp3) is 0.700. The molecule has 1 saturated carbocycles. The Labute approximate surface area is 81.6 Å². The van der Waals surface area contributed by atoms with E-state index in [9.17, 15) is 14.4 Å². The molecule has 2 aliphatic rings. The van der Waals surface area contributed by atoms with Gasteiger partial charge in [0.2, 0.25) is 0 Å². The number of carbonyl (C=O) groups excluding carboxylic acids is 3. The van der Waals surface area contributed by atoms with Gasteiger partial charge in [0.25, 0.3) is 0 Å². The molecule has 0 bridgehead atoms. The Kier molecular flexibility index (Phi) is 2.35. The second-order valence-corrected chi connectivity index (χ2v) is 3.94. The minimum atomic E-state index is -0.379. The van der Waals surface area contributed by atoms with E-state index >= 15 is 0 Å². The van der Waals surface area contributed by atoms with Crippen LogP contribution in [0, 0.1) is 17.8 Å². The molecule has 0 amide bonds. The molecule has 4 nitrogen and oxygen atoms in total. The van der Waals surface area contributed by atoms with Gasteiger partial charge in [-0.05, 0) is 12.8 Å². The topological polar surface area (TPSA) is 60.4 Å². The summed E-state index contributed by atoms with van der Waals surface area (Å²) < 4.78 is 5.13. The van der Waals surface area contributed by atoms with E-state index < -0.39 is 0 Å². The standard InChI is InChI=1S/C10H12O4/c11-4-3-7-9-6(5-12)1-2-8(9)14-10(7)13/h4-9H,1-3H2/t6-,7+,8-,9-/m0/s1. The maximum absolute atomic E-state index is 11.3. The zero-order valence-corrected chi connectivity index (χ0v) is 7.72. The summed E-state index contributed by atoms with van der Waals surface area (Å²) in [5, 5.41) is 0. The van der Waals surface area contributed by atoms with E-state index in [1.54, 1.807) is 0 Å². The van der Waals surface area contributed by atoms with Crippen LogP contribution >= 0.6 is 0 Å². The first-order valence-corrected chi connectivity index (χ1v) is 4.87. The molecule has 0 aromatic carbocycles. The molecular weight excluding hydrogens is 184 g/mol. The highest BCUT2D eigenvalue weighted by atomic mass is 16.6. The first-order valence-electron chi connectivity index (χ1n) is 4.87. The largest absolute Gasteiger partial charge is 0.462 e. The molecule has 4 heteroatoms. The third kappa shape index (κ3) is 1.25. The second kappa shape index (κ2) is 3.52. The van der Waals surface area contributed by atoms with Gasteiger partial charge >= 0.3 is 5.97 Å². The normalized spacial score (nSPS) is 40.4. The average Bonchev–Trinajstić information content (AvgIpc) is 2.68. The maximum atomic E-state index is 11.3. The van der Waals surface area contributed by atoms with Gasteiger partial charge in [-0.15, -0.1) is 0 Å². The Morgan fingerprint density at radius 2 is 2.14 bits per heavy atom. The molecule has 0 aromatic rings. The Bertz CT molecular complexity index is 273. The van der Waals surface area contributed by atoms with Crippen molar-refractivity contribution >= 4 is 18.5 Å². The Morgan fingerprint density at radius 1 is 1.36 bits per heavy atom. The highest BCUT2D eigenvalue weighted by Gasteiger charge is 2.51. The molecule has 0 N–H and O–H groups in total. The van der Waals surface area contributed by atoms with Gasteiger partial charge in [-0.25, -0.2) is 0 Å². The first-order chi connectivity index (χ1) is 6.77. The second-order valence-electron chi connectivity index (χ2n) is 3.94. The molecule has 2 rings (SSSR count). The van der Waals surface area contributed by atoms with E-state index in [1.807, 2.05) is 0 Å². The summed E-state index contributed by atoms with van der Waals surface area (Å²) in [6.07, 6.45) is 3.22. The minimum Gasteiger partial charge on any atom is -0.462 e. The average molecular weight is 196 g/mol. The van der Waals surface area contributed by atoms with Gasteiger partial charge in [0.1, 0.15) is 18.7 Å². The molecular formula is C10H12O4. The molecule has 4 atom stereocenters. The van der Waals surface area contributed by atoms with Gasteiger partial charge < -0.3 is 14.3 Å². The van der Waals surface area contributed by atoms with E-state index in [-0.39, 0.29) is 36.2 Å². The molecule has 0 unspecified atom stereocenters. The number of fused-ring (bicyclic) bond motifs is 1. The zero-order chi connectivity index (χ0) is 10.1. The highest BCUT2D eigenvalue weighted by molar-refractivity contribution is 5.79. The SMILES string of the molecule is O=CC[C@H]1C(=O)O[C@H]2CC[C@@H](C=O)[C@H]21. The first kappa shape index (κ1) is 9.37. The number of aldehydes is 2. The highest BCUT2D eigenvalue weighted by Crippen LogP contribution is 2.44. The lowest BCUT2D eigenvalue weighted by Gasteiger charge is -2.14. The van der Waals surface area contributed by atoms with Crippen LogP contribution in [-0.2, 0) is 19.1 Å². The van der Waals surface area contributed by atoms with Crippen LogP contribution in [0.3, 0.4) is 0 Å². The van der Waals surface area contributed by atoms with Crippen molar-refractivity contribution in [3.8, 4) is 0 Å². The molecule has 0 spiro atoms. The lowest BCUT2D eigenvalue weighted by molar-refractivity contribution is -0.145. The van der Waals surface area contributed by atoms with Gasteiger partial charge in [-0.3, -0.25) is 4.79 Å². The molecule has 1 saturated heterocycles. The van der Waals surface area contributed by atoms with Crippen LogP contribution in [0.2, 0.25) is 0 Å². The maximum Gasteiger partial charge on any atom is 0.310 e. The van der Waals surface area contributed by atoms with Crippen LogP contribution in [-0.4, -0.2) is 24.6 Å². The summed E-state index contributed by atoms with van der Waals surface area (Å²) in [4.78, 5) is 32.5. The lowest BCUT2D eigenvalue weighted by Crippen LogP contribution is -2.23. The van der Waals surface area contributed by atoms with Crippen LogP contribution in [0.4, 0.5) is 0 Å². The summed E-state index contributed by atoms with van der Waals surface area (Å²) >= 11 is 0. The van der Waals surface area contributed by atoms with E-state index in [0.29, 0.717) is 0 Å². The van der Waals surface area contributed by atoms with Gasteiger partial charge in [-0.2, -0.15) is 0 Å². The molecule has 14 heavy (non-hydrogen) atoms. The summed E-state index contributed by atoms with van der Waals surface area (Å²) in [6, 6.07) is 0. The summed E-state index contributed by atoms with van der Waals surface area (Å²) in [5.41, 5.74) is 0.